The van der Waals surface area contributed by atoms with Crippen LogP contribution in [0.3, 0.4) is 0 Å². The number of ketones is 1. The van der Waals surface area contributed by atoms with Crippen molar-refractivity contribution in [1.29, 1.82) is 0 Å². The van der Waals surface area contributed by atoms with E-state index in [0.29, 0.717) is 19.8 Å². The van der Waals surface area contributed by atoms with Crippen LogP contribution in [-0.4, -0.2) is 45.4 Å². The number of hydrogen-bond acceptors (Lipinski definition) is 5. The van der Waals surface area contributed by atoms with Crippen molar-refractivity contribution < 1.29 is 18.1 Å². The van der Waals surface area contributed by atoms with Gasteiger partial charge in [0.25, 0.3) is 0 Å². The summed E-state index contributed by atoms with van der Waals surface area (Å²) < 4.78 is 17.9. The number of benzene rings is 1. The summed E-state index contributed by atoms with van der Waals surface area (Å²) in [5.74, 6) is 1.19. The molecule has 0 heterocycles. The summed E-state index contributed by atoms with van der Waals surface area (Å²) in [6.07, 6.45) is 12.2. The molecule has 6 heteroatoms. The van der Waals surface area contributed by atoms with Gasteiger partial charge in [0, 0.05) is 31.4 Å². The van der Waals surface area contributed by atoms with E-state index in [0.717, 1.165) is 36.6 Å². The summed E-state index contributed by atoms with van der Waals surface area (Å²) in [5.41, 5.74) is 0.830. The molecule has 0 spiro atoms. The fourth-order valence-electron chi connectivity index (χ4n) is 4.06. The highest BCUT2D eigenvalue weighted by atomic mass is 32.2. The van der Waals surface area contributed by atoms with E-state index >= 15 is 0 Å². The molecule has 0 amide bonds. The zero-order valence-electron chi connectivity index (χ0n) is 21.6. The molecule has 0 radical (unpaired) electrons. The second-order valence-corrected chi connectivity index (χ2v) is 12.5. The Balaban J connectivity index is 2.56. The summed E-state index contributed by atoms with van der Waals surface area (Å²) in [6, 6.07) is 10.6. The smallest absolute Gasteiger partial charge is 0.374 e. The largest absolute Gasteiger partial charge is 0.500 e. The highest BCUT2D eigenvalue weighted by molar-refractivity contribution is 8.00. The molecule has 0 fully saturated rings. The molecule has 1 unspecified atom stereocenters. The van der Waals surface area contributed by atoms with Gasteiger partial charge in [-0.25, -0.2) is 0 Å². The van der Waals surface area contributed by atoms with Crippen LogP contribution in [0.15, 0.2) is 30.3 Å². The number of carbonyl (C=O) groups is 1. The van der Waals surface area contributed by atoms with Crippen LogP contribution in [0.5, 0.6) is 0 Å². The van der Waals surface area contributed by atoms with Gasteiger partial charge in [0.05, 0.1) is 5.25 Å². The van der Waals surface area contributed by atoms with Crippen LogP contribution in [0.1, 0.15) is 102 Å². The fourth-order valence-corrected chi connectivity index (χ4v) is 8.14. The van der Waals surface area contributed by atoms with E-state index in [4.69, 9.17) is 13.3 Å². The third-order valence-electron chi connectivity index (χ3n) is 5.71. The predicted octanol–water partition coefficient (Wildman–Crippen LogP) is 7.94. The molecule has 1 atom stereocenters. The molecule has 0 saturated carbocycles. The van der Waals surface area contributed by atoms with Crippen molar-refractivity contribution in [3.8, 4) is 0 Å². The lowest BCUT2D eigenvalue weighted by atomic mass is 10.0. The van der Waals surface area contributed by atoms with Crippen molar-refractivity contribution in [2.24, 2.45) is 0 Å². The van der Waals surface area contributed by atoms with E-state index in [1.807, 2.05) is 51.1 Å². The fraction of sp³-hybridized carbons (Fsp3) is 0.741. The van der Waals surface area contributed by atoms with E-state index in [-0.39, 0.29) is 11.0 Å². The van der Waals surface area contributed by atoms with Crippen molar-refractivity contribution in [3.63, 3.8) is 0 Å². The maximum absolute atomic E-state index is 13.2. The Morgan fingerprint density at radius 3 is 1.88 bits per heavy atom. The average molecular weight is 497 g/mol. The molecule has 4 nitrogen and oxygen atoms in total. The number of Topliss-reactive ketones (excluding diaryl/α,β-unsaturated/α-hetero) is 1. The van der Waals surface area contributed by atoms with Crippen molar-refractivity contribution in [2.45, 2.75) is 103 Å². The van der Waals surface area contributed by atoms with E-state index < -0.39 is 8.80 Å². The minimum absolute atomic E-state index is 0.0230. The van der Waals surface area contributed by atoms with Gasteiger partial charge in [-0.05, 0) is 39.4 Å². The Hall–Kier alpha value is -0.663. The summed E-state index contributed by atoms with van der Waals surface area (Å²) in [6.45, 7) is 10.0. The number of carbonyl (C=O) groups excluding carboxylic acids is 1. The summed E-state index contributed by atoms with van der Waals surface area (Å²) in [5, 5.41) is 0.0230. The Morgan fingerprint density at radius 1 is 0.788 bits per heavy atom. The minimum atomic E-state index is -2.61. The molecular formula is C27H48O4SSi. The van der Waals surface area contributed by atoms with Gasteiger partial charge in [-0.15, -0.1) is 0 Å². The van der Waals surface area contributed by atoms with Gasteiger partial charge in [0.2, 0.25) is 0 Å². The SMILES string of the molecule is CCCCCCCCCCC(SCCC[Si](OCC)(OCC)OCC)C(=O)c1ccccc1. The average Bonchev–Trinajstić information content (AvgIpc) is 2.82. The topological polar surface area (TPSA) is 44.8 Å². The van der Waals surface area contributed by atoms with Crippen LogP contribution in [0.4, 0.5) is 0 Å². The first kappa shape index (κ1) is 30.4. The van der Waals surface area contributed by atoms with Crippen LogP contribution in [-0.2, 0) is 13.3 Å². The third kappa shape index (κ3) is 13.1. The van der Waals surface area contributed by atoms with Crippen molar-refractivity contribution >= 4 is 26.3 Å². The van der Waals surface area contributed by atoms with Crippen LogP contribution >= 0.6 is 11.8 Å². The Morgan fingerprint density at radius 2 is 1.33 bits per heavy atom. The van der Waals surface area contributed by atoms with E-state index in [1.165, 1.54) is 44.9 Å². The molecule has 0 aromatic heterocycles. The van der Waals surface area contributed by atoms with Gasteiger partial charge in [0.1, 0.15) is 0 Å². The van der Waals surface area contributed by atoms with Crippen molar-refractivity contribution in [3.05, 3.63) is 35.9 Å². The quantitative estimate of drug-likeness (QED) is 0.0926. The number of rotatable bonds is 22. The molecule has 1 aromatic rings. The van der Waals surface area contributed by atoms with Gasteiger partial charge in [-0.3, -0.25) is 4.79 Å². The molecule has 1 rings (SSSR count). The first-order chi connectivity index (χ1) is 16.1. The molecule has 1 aromatic carbocycles. The molecule has 0 aliphatic rings. The van der Waals surface area contributed by atoms with Crippen LogP contribution < -0.4 is 0 Å². The second kappa shape index (κ2) is 19.6. The zero-order valence-corrected chi connectivity index (χ0v) is 23.4. The first-order valence-corrected chi connectivity index (χ1v) is 16.2. The molecule has 0 aliphatic carbocycles. The van der Waals surface area contributed by atoms with E-state index in [9.17, 15) is 4.79 Å². The van der Waals surface area contributed by atoms with E-state index in [1.54, 1.807) is 11.8 Å². The summed E-state index contributed by atoms with van der Waals surface area (Å²) in [7, 11) is -2.61. The number of unbranched alkanes of at least 4 members (excludes halogenated alkanes) is 7. The van der Waals surface area contributed by atoms with Gasteiger partial charge >= 0.3 is 8.80 Å². The third-order valence-corrected chi connectivity index (χ3v) is 10.2. The van der Waals surface area contributed by atoms with Crippen LogP contribution in [0.2, 0.25) is 6.04 Å². The Bertz CT molecular complexity index is 582. The lowest BCUT2D eigenvalue weighted by Gasteiger charge is -2.28. The molecule has 0 aliphatic heterocycles. The van der Waals surface area contributed by atoms with Gasteiger partial charge in [-0.2, -0.15) is 11.8 Å². The molecule has 0 bridgehead atoms. The monoisotopic (exact) mass is 496 g/mol. The highest BCUT2D eigenvalue weighted by Gasteiger charge is 2.39. The highest BCUT2D eigenvalue weighted by Crippen LogP contribution is 2.26. The lowest BCUT2D eigenvalue weighted by molar-refractivity contribution is 0.0712. The summed E-state index contributed by atoms with van der Waals surface area (Å²) in [4.78, 5) is 13.2. The molecule has 190 valence electrons. The van der Waals surface area contributed by atoms with Crippen molar-refractivity contribution in [1.82, 2.24) is 0 Å². The predicted molar refractivity (Wildman–Crippen MR) is 144 cm³/mol. The van der Waals surface area contributed by atoms with Crippen molar-refractivity contribution in [2.75, 3.05) is 25.6 Å². The zero-order chi connectivity index (χ0) is 24.2. The van der Waals surface area contributed by atoms with Gasteiger partial charge in [-0.1, -0.05) is 88.6 Å². The van der Waals surface area contributed by atoms with Gasteiger partial charge < -0.3 is 13.3 Å². The van der Waals surface area contributed by atoms with Crippen LogP contribution in [0, 0.1) is 0 Å². The first-order valence-electron chi connectivity index (χ1n) is 13.2. The standard InChI is InChI=1S/C27H48O4SSi/c1-5-9-10-11-12-13-14-18-22-26(27(28)25-20-16-15-17-21-25)32-23-19-24-33(29-6-2,30-7-3)31-8-4/h15-17,20-21,26H,5-14,18-19,22-24H2,1-4H3. The lowest BCUT2D eigenvalue weighted by Crippen LogP contribution is -2.46. The Labute approximate surface area is 208 Å². The van der Waals surface area contributed by atoms with E-state index in [2.05, 4.69) is 6.92 Å². The number of hydrogen-bond donors (Lipinski definition) is 0. The molecule has 33 heavy (non-hydrogen) atoms. The maximum Gasteiger partial charge on any atom is 0.500 e. The second-order valence-electron chi connectivity index (χ2n) is 8.44. The molecule has 0 saturated heterocycles. The van der Waals surface area contributed by atoms with Crippen LogP contribution in [0.25, 0.3) is 0 Å². The summed E-state index contributed by atoms with van der Waals surface area (Å²) >= 11 is 1.80. The molecular weight excluding hydrogens is 448 g/mol. The minimum Gasteiger partial charge on any atom is -0.374 e. The Kier molecular flexibility index (Phi) is 18.1. The normalized spacial score (nSPS) is 12.7. The van der Waals surface area contributed by atoms with Gasteiger partial charge in [0.15, 0.2) is 5.78 Å². The number of thioether (sulfide) groups is 1. The maximum atomic E-state index is 13.2. The molecule has 0 N–H and O–H groups in total.